The molecule has 2 rings (SSSR count). The molecule has 2 fully saturated rings. The summed E-state index contributed by atoms with van der Waals surface area (Å²) in [7, 11) is 0. The van der Waals surface area contributed by atoms with Crippen molar-refractivity contribution >= 4 is 12.2 Å². The predicted octanol–water partition coefficient (Wildman–Crippen LogP) is 1.91. The first-order valence-electron chi connectivity index (χ1n) is 6.39. The van der Waals surface area contributed by atoms with Crippen LogP contribution in [0.25, 0.3) is 0 Å². The average Bonchev–Trinajstić information content (AvgIpc) is 2.82. The molecular weight excluding hydrogens is 200 g/mol. The lowest BCUT2D eigenvalue weighted by atomic mass is 10.0. The molecule has 0 aromatic carbocycles. The standard InChI is InChI=1S/C12H22N4/c1-2-11-12(14)15(9-13)7-8-16(11)10-5-3-4-6-10/h9-11,13-14H,2-8H2,1H3. The van der Waals surface area contributed by atoms with Crippen LogP contribution in [-0.4, -0.2) is 47.1 Å². The van der Waals surface area contributed by atoms with Gasteiger partial charge in [0.05, 0.1) is 12.4 Å². The molecule has 1 aliphatic carbocycles. The Balaban J connectivity index is 2.08. The second kappa shape index (κ2) is 4.95. The summed E-state index contributed by atoms with van der Waals surface area (Å²) in [5, 5.41) is 15.4. The molecule has 0 bridgehead atoms. The van der Waals surface area contributed by atoms with Crippen molar-refractivity contribution in [2.45, 2.75) is 51.1 Å². The zero-order valence-electron chi connectivity index (χ0n) is 10.1. The third kappa shape index (κ3) is 1.98. The topological polar surface area (TPSA) is 54.2 Å². The minimum atomic E-state index is 0.235. The van der Waals surface area contributed by atoms with E-state index in [0.29, 0.717) is 11.9 Å². The molecule has 1 saturated heterocycles. The summed E-state index contributed by atoms with van der Waals surface area (Å²) in [6.07, 6.45) is 7.58. The molecule has 1 aliphatic heterocycles. The second-order valence-corrected chi connectivity index (χ2v) is 4.81. The van der Waals surface area contributed by atoms with E-state index in [1.165, 1.54) is 32.0 Å². The number of hydrogen-bond donors (Lipinski definition) is 2. The lowest BCUT2D eigenvalue weighted by Crippen LogP contribution is -2.58. The zero-order chi connectivity index (χ0) is 11.5. The summed E-state index contributed by atoms with van der Waals surface area (Å²) >= 11 is 0. The van der Waals surface area contributed by atoms with Crippen LogP contribution in [0.5, 0.6) is 0 Å². The van der Waals surface area contributed by atoms with Crippen LogP contribution in [0.4, 0.5) is 0 Å². The molecule has 0 aromatic rings. The molecule has 4 heteroatoms. The molecule has 0 spiro atoms. The molecular formula is C12H22N4. The molecule has 0 aromatic heterocycles. The normalized spacial score (nSPS) is 28.7. The van der Waals surface area contributed by atoms with Crippen molar-refractivity contribution in [3.05, 3.63) is 0 Å². The van der Waals surface area contributed by atoms with Crippen molar-refractivity contribution in [1.29, 1.82) is 10.8 Å². The maximum absolute atomic E-state index is 8.13. The Bertz CT molecular complexity index is 270. The molecule has 4 nitrogen and oxygen atoms in total. The lowest BCUT2D eigenvalue weighted by Gasteiger charge is -2.43. The highest BCUT2D eigenvalue weighted by Crippen LogP contribution is 2.28. The van der Waals surface area contributed by atoms with Gasteiger partial charge in [0.25, 0.3) is 0 Å². The van der Waals surface area contributed by atoms with Gasteiger partial charge in [0, 0.05) is 19.1 Å². The number of nitrogens with one attached hydrogen (secondary N) is 2. The van der Waals surface area contributed by atoms with Gasteiger partial charge >= 0.3 is 0 Å². The van der Waals surface area contributed by atoms with Crippen molar-refractivity contribution < 1.29 is 0 Å². The van der Waals surface area contributed by atoms with Gasteiger partial charge in [-0.05, 0) is 19.3 Å². The van der Waals surface area contributed by atoms with E-state index in [4.69, 9.17) is 10.8 Å². The molecule has 90 valence electrons. The Morgan fingerprint density at radius 1 is 1.31 bits per heavy atom. The minimum Gasteiger partial charge on any atom is -0.319 e. The number of rotatable bonds is 3. The number of amidine groups is 1. The number of hydrogen-bond acceptors (Lipinski definition) is 3. The van der Waals surface area contributed by atoms with Crippen LogP contribution < -0.4 is 0 Å². The van der Waals surface area contributed by atoms with E-state index >= 15 is 0 Å². The van der Waals surface area contributed by atoms with Gasteiger partial charge in [0.1, 0.15) is 5.84 Å². The van der Waals surface area contributed by atoms with Crippen molar-refractivity contribution in [2.24, 2.45) is 0 Å². The van der Waals surface area contributed by atoms with Gasteiger partial charge in [-0.1, -0.05) is 19.8 Å². The van der Waals surface area contributed by atoms with Gasteiger partial charge in [-0.3, -0.25) is 15.7 Å². The van der Waals surface area contributed by atoms with Crippen LogP contribution in [0.2, 0.25) is 0 Å². The Hall–Kier alpha value is -0.900. The molecule has 0 amide bonds. The van der Waals surface area contributed by atoms with E-state index in [0.717, 1.165) is 19.5 Å². The van der Waals surface area contributed by atoms with Gasteiger partial charge < -0.3 is 4.90 Å². The summed E-state index contributed by atoms with van der Waals surface area (Å²) in [5.41, 5.74) is 0. The zero-order valence-corrected chi connectivity index (χ0v) is 10.1. The van der Waals surface area contributed by atoms with E-state index in [1.54, 1.807) is 4.90 Å². The van der Waals surface area contributed by atoms with E-state index in [-0.39, 0.29) is 6.04 Å². The molecule has 1 heterocycles. The lowest BCUT2D eigenvalue weighted by molar-refractivity contribution is 0.137. The summed E-state index contributed by atoms with van der Waals surface area (Å²) in [6, 6.07) is 0.927. The SMILES string of the molecule is CCC1C(=N)N(C=N)CCN1C1CCCC1. The van der Waals surface area contributed by atoms with Crippen molar-refractivity contribution in [3.8, 4) is 0 Å². The highest BCUT2D eigenvalue weighted by molar-refractivity contribution is 5.93. The number of nitrogens with zero attached hydrogens (tertiary/aromatic N) is 2. The maximum atomic E-state index is 8.13. The first-order chi connectivity index (χ1) is 7.77. The first kappa shape index (κ1) is 11.6. The van der Waals surface area contributed by atoms with E-state index in [1.807, 2.05) is 0 Å². The molecule has 2 N–H and O–H groups in total. The summed E-state index contributed by atoms with van der Waals surface area (Å²) in [6.45, 7) is 3.98. The smallest absolute Gasteiger partial charge is 0.119 e. The van der Waals surface area contributed by atoms with Gasteiger partial charge in [-0.15, -0.1) is 0 Å². The Morgan fingerprint density at radius 3 is 2.56 bits per heavy atom. The summed E-state index contributed by atoms with van der Waals surface area (Å²) < 4.78 is 0. The summed E-state index contributed by atoms with van der Waals surface area (Å²) in [4.78, 5) is 4.29. The van der Waals surface area contributed by atoms with Crippen LogP contribution in [0.1, 0.15) is 39.0 Å². The molecule has 0 radical (unpaired) electrons. The number of piperazine rings is 1. The second-order valence-electron chi connectivity index (χ2n) is 4.81. The Morgan fingerprint density at radius 2 is 2.00 bits per heavy atom. The van der Waals surface area contributed by atoms with Gasteiger partial charge in [-0.25, -0.2) is 0 Å². The fourth-order valence-corrected chi connectivity index (χ4v) is 3.08. The van der Waals surface area contributed by atoms with Crippen LogP contribution in [0.15, 0.2) is 0 Å². The monoisotopic (exact) mass is 222 g/mol. The van der Waals surface area contributed by atoms with E-state index in [2.05, 4.69) is 11.8 Å². The third-order valence-electron chi connectivity index (χ3n) is 3.96. The van der Waals surface area contributed by atoms with Crippen LogP contribution in [0, 0.1) is 10.8 Å². The fraction of sp³-hybridized carbons (Fsp3) is 0.833. The fourth-order valence-electron chi connectivity index (χ4n) is 3.08. The van der Waals surface area contributed by atoms with Gasteiger partial charge in [-0.2, -0.15) is 0 Å². The van der Waals surface area contributed by atoms with E-state index in [9.17, 15) is 0 Å². The summed E-state index contributed by atoms with van der Waals surface area (Å²) in [5.74, 6) is 0.621. The van der Waals surface area contributed by atoms with Crippen LogP contribution >= 0.6 is 0 Å². The largest absolute Gasteiger partial charge is 0.319 e. The van der Waals surface area contributed by atoms with Gasteiger partial charge in [0.15, 0.2) is 0 Å². The highest BCUT2D eigenvalue weighted by atomic mass is 15.3. The van der Waals surface area contributed by atoms with Crippen LogP contribution in [-0.2, 0) is 0 Å². The predicted molar refractivity (Wildman–Crippen MR) is 66.3 cm³/mol. The first-order valence-corrected chi connectivity index (χ1v) is 6.39. The quantitative estimate of drug-likeness (QED) is 0.566. The average molecular weight is 222 g/mol. The highest BCUT2D eigenvalue weighted by Gasteiger charge is 2.35. The van der Waals surface area contributed by atoms with Crippen molar-refractivity contribution in [3.63, 3.8) is 0 Å². The minimum absolute atomic E-state index is 0.235. The molecule has 1 saturated carbocycles. The van der Waals surface area contributed by atoms with E-state index < -0.39 is 0 Å². The maximum Gasteiger partial charge on any atom is 0.119 e. The van der Waals surface area contributed by atoms with Crippen molar-refractivity contribution in [2.75, 3.05) is 13.1 Å². The molecule has 16 heavy (non-hydrogen) atoms. The Labute approximate surface area is 97.6 Å². The Kier molecular flexibility index (Phi) is 3.59. The van der Waals surface area contributed by atoms with Crippen molar-refractivity contribution in [1.82, 2.24) is 9.80 Å². The molecule has 1 atom stereocenters. The van der Waals surface area contributed by atoms with Crippen LogP contribution in [0.3, 0.4) is 0 Å². The van der Waals surface area contributed by atoms with Gasteiger partial charge in [0.2, 0.25) is 0 Å². The molecule has 2 aliphatic rings. The molecule has 1 unspecified atom stereocenters. The third-order valence-corrected chi connectivity index (χ3v) is 3.96.